The number of hydrogen-bond donors (Lipinski definition) is 0. The van der Waals surface area contributed by atoms with Gasteiger partial charge in [0.05, 0.1) is 11.4 Å². The van der Waals surface area contributed by atoms with Crippen molar-refractivity contribution in [1.82, 2.24) is 4.31 Å². The van der Waals surface area contributed by atoms with Gasteiger partial charge in [0.1, 0.15) is 0 Å². The largest absolute Gasteiger partial charge is 0.244 e. The van der Waals surface area contributed by atoms with E-state index in [-0.39, 0.29) is 6.54 Å². The third-order valence-electron chi connectivity index (χ3n) is 3.63. The number of benzene rings is 1. The van der Waals surface area contributed by atoms with Crippen LogP contribution in [-0.2, 0) is 10.0 Å². The second kappa shape index (κ2) is 6.46. The molecule has 0 radical (unpaired) electrons. The maximum Gasteiger partial charge on any atom is 0.244 e. The van der Waals surface area contributed by atoms with Crippen molar-refractivity contribution in [3.8, 4) is 11.8 Å². The van der Waals surface area contributed by atoms with Crippen molar-refractivity contribution in [2.75, 3.05) is 13.1 Å². The molecule has 0 atom stereocenters. The SMILES string of the molecule is C=C(CN(CC#CC)S(=O)(=O)c1ccc(C)cc1)C1CC1. The van der Waals surface area contributed by atoms with E-state index in [0.717, 1.165) is 24.0 Å². The van der Waals surface area contributed by atoms with Crippen LogP contribution in [0, 0.1) is 24.7 Å². The number of rotatable bonds is 6. The van der Waals surface area contributed by atoms with Crippen molar-refractivity contribution in [2.24, 2.45) is 5.92 Å². The van der Waals surface area contributed by atoms with Gasteiger partial charge in [-0.3, -0.25) is 0 Å². The van der Waals surface area contributed by atoms with Gasteiger partial charge in [0, 0.05) is 6.54 Å². The molecule has 2 rings (SSSR count). The van der Waals surface area contributed by atoms with Crippen LogP contribution in [0.5, 0.6) is 0 Å². The Morgan fingerprint density at radius 1 is 1.33 bits per heavy atom. The van der Waals surface area contributed by atoms with Gasteiger partial charge in [0.2, 0.25) is 10.0 Å². The van der Waals surface area contributed by atoms with Gasteiger partial charge in [-0.25, -0.2) is 8.42 Å². The Labute approximate surface area is 127 Å². The first-order valence-corrected chi connectivity index (χ1v) is 8.53. The lowest BCUT2D eigenvalue weighted by Gasteiger charge is -2.21. The topological polar surface area (TPSA) is 37.4 Å². The third-order valence-corrected chi connectivity index (χ3v) is 5.43. The Kier molecular flexibility index (Phi) is 4.87. The summed E-state index contributed by atoms with van der Waals surface area (Å²) in [5.41, 5.74) is 2.03. The van der Waals surface area contributed by atoms with Gasteiger partial charge in [0.15, 0.2) is 0 Å². The molecule has 21 heavy (non-hydrogen) atoms. The molecule has 0 aromatic heterocycles. The van der Waals surface area contributed by atoms with Crippen molar-refractivity contribution in [3.05, 3.63) is 42.0 Å². The lowest BCUT2D eigenvalue weighted by atomic mass is 10.2. The van der Waals surface area contributed by atoms with E-state index in [2.05, 4.69) is 18.4 Å². The average Bonchev–Trinajstić information content (AvgIpc) is 3.28. The molecule has 1 aliphatic rings. The van der Waals surface area contributed by atoms with E-state index >= 15 is 0 Å². The van der Waals surface area contributed by atoms with Gasteiger partial charge in [0.25, 0.3) is 0 Å². The van der Waals surface area contributed by atoms with Crippen molar-refractivity contribution in [2.45, 2.75) is 31.6 Å². The molecular weight excluding hydrogens is 282 g/mol. The molecule has 112 valence electrons. The van der Waals surface area contributed by atoms with Crippen LogP contribution in [0.3, 0.4) is 0 Å². The summed E-state index contributed by atoms with van der Waals surface area (Å²) >= 11 is 0. The summed E-state index contributed by atoms with van der Waals surface area (Å²) < 4.78 is 26.9. The first kappa shape index (κ1) is 15.8. The molecule has 1 saturated carbocycles. The number of hydrogen-bond acceptors (Lipinski definition) is 2. The molecule has 1 aliphatic carbocycles. The highest BCUT2D eigenvalue weighted by atomic mass is 32.2. The Morgan fingerprint density at radius 3 is 2.48 bits per heavy atom. The summed E-state index contributed by atoms with van der Waals surface area (Å²) in [6, 6.07) is 6.92. The third kappa shape index (κ3) is 3.96. The minimum absolute atomic E-state index is 0.207. The Bertz CT molecular complexity index is 674. The van der Waals surface area contributed by atoms with Gasteiger partial charge >= 0.3 is 0 Å². The van der Waals surface area contributed by atoms with E-state index in [4.69, 9.17) is 0 Å². The molecule has 0 heterocycles. The zero-order chi connectivity index (χ0) is 15.5. The van der Waals surface area contributed by atoms with Crippen LogP contribution in [-0.4, -0.2) is 25.8 Å². The molecule has 3 nitrogen and oxygen atoms in total. The normalized spacial score (nSPS) is 14.6. The lowest BCUT2D eigenvalue weighted by Crippen LogP contribution is -2.33. The van der Waals surface area contributed by atoms with Crippen molar-refractivity contribution in [3.63, 3.8) is 0 Å². The van der Waals surface area contributed by atoms with E-state index in [9.17, 15) is 8.42 Å². The molecule has 0 unspecified atom stereocenters. The Morgan fingerprint density at radius 2 is 1.95 bits per heavy atom. The highest BCUT2D eigenvalue weighted by molar-refractivity contribution is 7.89. The summed E-state index contributed by atoms with van der Waals surface area (Å²) in [5, 5.41) is 0. The van der Waals surface area contributed by atoms with Crippen LogP contribution in [0.15, 0.2) is 41.3 Å². The summed E-state index contributed by atoms with van der Waals surface area (Å²) in [6.45, 7) is 8.25. The monoisotopic (exact) mass is 303 g/mol. The lowest BCUT2D eigenvalue weighted by molar-refractivity contribution is 0.466. The summed E-state index contributed by atoms with van der Waals surface area (Å²) in [6.07, 6.45) is 2.24. The van der Waals surface area contributed by atoms with Crippen LogP contribution in [0.25, 0.3) is 0 Å². The fourth-order valence-corrected chi connectivity index (χ4v) is 3.45. The number of nitrogens with zero attached hydrogens (tertiary/aromatic N) is 1. The maximum absolute atomic E-state index is 12.7. The summed E-state index contributed by atoms with van der Waals surface area (Å²) in [7, 11) is -3.52. The first-order chi connectivity index (χ1) is 9.95. The van der Waals surface area contributed by atoms with Crippen LogP contribution >= 0.6 is 0 Å². The molecule has 0 saturated heterocycles. The second-order valence-corrected chi connectivity index (χ2v) is 7.38. The van der Waals surface area contributed by atoms with E-state index < -0.39 is 10.0 Å². The van der Waals surface area contributed by atoms with Gasteiger partial charge in [-0.1, -0.05) is 35.8 Å². The molecule has 0 bridgehead atoms. The fraction of sp³-hybridized carbons (Fsp3) is 0.412. The van der Waals surface area contributed by atoms with Gasteiger partial charge in [-0.2, -0.15) is 4.31 Å². The van der Waals surface area contributed by atoms with Crippen molar-refractivity contribution >= 4 is 10.0 Å². The molecule has 1 aromatic carbocycles. The molecule has 1 aromatic rings. The molecule has 0 N–H and O–H groups in total. The summed E-state index contributed by atoms with van der Waals surface area (Å²) in [4.78, 5) is 0.314. The smallest absolute Gasteiger partial charge is 0.207 e. The van der Waals surface area contributed by atoms with Crippen LogP contribution < -0.4 is 0 Å². The van der Waals surface area contributed by atoms with Gasteiger partial charge in [-0.05, 0) is 44.7 Å². The van der Waals surface area contributed by atoms with Crippen LogP contribution in [0.4, 0.5) is 0 Å². The quantitative estimate of drug-likeness (QED) is 0.598. The van der Waals surface area contributed by atoms with Gasteiger partial charge < -0.3 is 0 Å². The van der Waals surface area contributed by atoms with Crippen molar-refractivity contribution < 1.29 is 8.42 Å². The minimum atomic E-state index is -3.52. The molecule has 1 fully saturated rings. The Hall–Kier alpha value is -1.57. The standard InChI is InChI=1S/C17H21NO2S/c1-4-5-12-18(13-15(3)16-8-9-16)21(19,20)17-10-6-14(2)7-11-17/h6-7,10-11,16H,3,8-9,12-13H2,1-2H3. The zero-order valence-corrected chi connectivity index (χ0v) is 13.4. The van der Waals surface area contributed by atoms with Crippen LogP contribution in [0.2, 0.25) is 0 Å². The van der Waals surface area contributed by atoms with Crippen LogP contribution in [0.1, 0.15) is 25.3 Å². The van der Waals surface area contributed by atoms with E-state index in [1.54, 1.807) is 19.1 Å². The Balaban J connectivity index is 2.25. The highest BCUT2D eigenvalue weighted by Gasteiger charge is 2.30. The molecule has 0 amide bonds. The van der Waals surface area contributed by atoms with E-state index in [0.29, 0.717) is 17.4 Å². The first-order valence-electron chi connectivity index (χ1n) is 7.09. The molecular formula is C17H21NO2S. The van der Waals surface area contributed by atoms with E-state index in [1.807, 2.05) is 19.1 Å². The van der Waals surface area contributed by atoms with Crippen molar-refractivity contribution in [1.29, 1.82) is 0 Å². The van der Waals surface area contributed by atoms with E-state index in [1.165, 1.54) is 4.31 Å². The molecule has 4 heteroatoms. The molecule has 0 aliphatic heterocycles. The average molecular weight is 303 g/mol. The van der Waals surface area contributed by atoms with Gasteiger partial charge in [-0.15, -0.1) is 5.92 Å². The summed E-state index contributed by atoms with van der Waals surface area (Å²) in [5.74, 6) is 6.10. The minimum Gasteiger partial charge on any atom is -0.207 e. The molecule has 0 spiro atoms. The second-order valence-electron chi connectivity index (χ2n) is 5.45. The number of sulfonamides is 1. The highest BCUT2D eigenvalue weighted by Crippen LogP contribution is 2.36. The zero-order valence-electron chi connectivity index (χ0n) is 12.6. The number of aryl methyl sites for hydroxylation is 1. The predicted molar refractivity (Wildman–Crippen MR) is 85.3 cm³/mol. The maximum atomic E-state index is 12.7. The predicted octanol–water partition coefficient (Wildman–Crippen LogP) is 2.98. The fourth-order valence-electron chi connectivity index (χ4n) is 2.10.